The lowest BCUT2D eigenvalue weighted by molar-refractivity contribution is -0.158. The van der Waals surface area contributed by atoms with E-state index in [0.29, 0.717) is 5.52 Å². The number of para-hydroxylation sites is 1. The van der Waals surface area contributed by atoms with E-state index in [1.807, 2.05) is 12.1 Å². The van der Waals surface area contributed by atoms with Crippen molar-refractivity contribution in [3.63, 3.8) is 0 Å². The lowest BCUT2D eigenvalue weighted by Crippen LogP contribution is -2.19. The maximum atomic E-state index is 10.7. The molecule has 1 heterocycles. The molecule has 0 saturated heterocycles. The molecular formula is C9H5NO4S. The minimum Gasteiger partial charge on any atom is -0.473 e. The zero-order valence-electron chi connectivity index (χ0n) is 7.34. The average Bonchev–Trinajstić information content (AvgIpc) is 2.59. The van der Waals surface area contributed by atoms with E-state index in [9.17, 15) is 9.59 Å². The summed E-state index contributed by atoms with van der Waals surface area (Å²) in [6, 6.07) is 7.18. The Hall–Kier alpha value is -1.95. The molecule has 0 fully saturated rings. The molecule has 0 unspecified atom stereocenters. The Bertz CT molecular complexity index is 501. The number of thiazole rings is 1. The summed E-state index contributed by atoms with van der Waals surface area (Å²) >= 11 is 1.13. The van der Waals surface area contributed by atoms with Gasteiger partial charge < -0.3 is 9.84 Å². The number of nitrogens with zero attached hydrogens (tertiary/aromatic N) is 1. The van der Waals surface area contributed by atoms with Crippen molar-refractivity contribution in [3.8, 4) is 5.19 Å². The summed E-state index contributed by atoms with van der Waals surface area (Å²) in [5.74, 6) is -2.96. The number of carboxylic acid groups (broad SMARTS) is 1. The van der Waals surface area contributed by atoms with Crippen molar-refractivity contribution in [1.29, 1.82) is 0 Å². The van der Waals surface area contributed by atoms with E-state index in [1.165, 1.54) is 0 Å². The maximum absolute atomic E-state index is 10.7. The zero-order valence-corrected chi connectivity index (χ0v) is 8.15. The van der Waals surface area contributed by atoms with Gasteiger partial charge in [0.15, 0.2) is 0 Å². The molecule has 0 aliphatic heterocycles. The van der Waals surface area contributed by atoms with Crippen LogP contribution in [0.15, 0.2) is 24.3 Å². The molecule has 0 aliphatic rings. The van der Waals surface area contributed by atoms with Crippen LogP contribution in [0.2, 0.25) is 0 Å². The Labute approximate surface area is 87.9 Å². The van der Waals surface area contributed by atoms with Gasteiger partial charge in [-0.3, -0.25) is 0 Å². The minimum atomic E-state index is -1.63. The van der Waals surface area contributed by atoms with Crippen molar-refractivity contribution >= 4 is 33.5 Å². The summed E-state index contributed by atoms with van der Waals surface area (Å²) in [5.41, 5.74) is 0.677. The average molecular weight is 223 g/mol. The topological polar surface area (TPSA) is 76.5 Å². The molecule has 0 spiro atoms. The predicted molar refractivity (Wildman–Crippen MR) is 52.9 cm³/mol. The summed E-state index contributed by atoms with van der Waals surface area (Å²) in [7, 11) is 0. The van der Waals surface area contributed by atoms with Crippen LogP contribution in [0.1, 0.15) is 0 Å². The second kappa shape index (κ2) is 3.66. The third-order valence-corrected chi connectivity index (χ3v) is 2.54. The highest BCUT2D eigenvalue weighted by Crippen LogP contribution is 2.27. The van der Waals surface area contributed by atoms with Crippen LogP contribution in [0.3, 0.4) is 0 Å². The smallest absolute Gasteiger partial charge is 0.424 e. The lowest BCUT2D eigenvalue weighted by atomic mass is 10.3. The van der Waals surface area contributed by atoms with Crippen LogP contribution in [-0.2, 0) is 9.59 Å². The van der Waals surface area contributed by atoms with Crippen molar-refractivity contribution in [2.45, 2.75) is 0 Å². The summed E-state index contributed by atoms with van der Waals surface area (Å²) < 4.78 is 5.37. The van der Waals surface area contributed by atoms with E-state index in [1.54, 1.807) is 12.1 Å². The normalized spacial score (nSPS) is 10.1. The van der Waals surface area contributed by atoms with E-state index in [4.69, 9.17) is 5.11 Å². The van der Waals surface area contributed by atoms with Crippen molar-refractivity contribution in [2.75, 3.05) is 0 Å². The summed E-state index contributed by atoms with van der Waals surface area (Å²) in [5, 5.41) is 8.37. The van der Waals surface area contributed by atoms with Gasteiger partial charge in [0.25, 0.3) is 5.19 Å². The zero-order chi connectivity index (χ0) is 10.8. The molecule has 15 heavy (non-hydrogen) atoms. The monoisotopic (exact) mass is 223 g/mol. The quantitative estimate of drug-likeness (QED) is 0.582. The third kappa shape index (κ3) is 1.94. The van der Waals surface area contributed by atoms with Gasteiger partial charge >= 0.3 is 11.9 Å². The van der Waals surface area contributed by atoms with Crippen LogP contribution in [-0.4, -0.2) is 22.0 Å². The lowest BCUT2D eigenvalue weighted by Gasteiger charge is -1.92. The second-order valence-electron chi connectivity index (χ2n) is 2.64. The molecule has 1 aromatic carbocycles. The summed E-state index contributed by atoms with van der Waals surface area (Å²) in [6.45, 7) is 0. The molecule has 0 amide bonds. The Morgan fingerprint density at radius 1 is 1.33 bits per heavy atom. The highest BCUT2D eigenvalue weighted by Gasteiger charge is 2.16. The first-order valence-electron chi connectivity index (χ1n) is 3.97. The van der Waals surface area contributed by atoms with E-state index in [0.717, 1.165) is 16.0 Å². The molecule has 2 aromatic rings. The van der Waals surface area contributed by atoms with Gasteiger partial charge in [0, 0.05) is 0 Å². The molecule has 0 saturated carbocycles. The van der Waals surface area contributed by atoms with Crippen LogP contribution in [0.4, 0.5) is 0 Å². The van der Waals surface area contributed by atoms with Gasteiger partial charge in [-0.25, -0.2) is 14.6 Å². The number of hydrogen-bond donors (Lipinski definition) is 1. The number of fused-ring (bicyclic) bond motifs is 1. The molecule has 5 nitrogen and oxygen atoms in total. The molecule has 0 bridgehead atoms. The summed E-state index contributed by atoms with van der Waals surface area (Å²) in [4.78, 5) is 24.9. The van der Waals surface area contributed by atoms with Gasteiger partial charge in [-0.15, -0.1) is 0 Å². The number of carboxylic acids is 1. The van der Waals surface area contributed by atoms with Crippen molar-refractivity contribution in [3.05, 3.63) is 24.3 Å². The fraction of sp³-hybridized carbons (Fsp3) is 0. The van der Waals surface area contributed by atoms with Gasteiger partial charge in [0.2, 0.25) is 0 Å². The van der Waals surface area contributed by atoms with Crippen LogP contribution < -0.4 is 4.74 Å². The molecule has 0 atom stereocenters. The first-order valence-corrected chi connectivity index (χ1v) is 4.79. The first kappa shape index (κ1) is 9.60. The molecule has 1 N–H and O–H groups in total. The Kier molecular flexibility index (Phi) is 2.34. The number of rotatable bonds is 1. The fourth-order valence-corrected chi connectivity index (χ4v) is 1.83. The molecule has 76 valence electrons. The number of carbonyl (C=O) groups is 2. The third-order valence-electron chi connectivity index (χ3n) is 1.63. The van der Waals surface area contributed by atoms with Crippen LogP contribution in [0.5, 0.6) is 5.19 Å². The van der Waals surface area contributed by atoms with Gasteiger partial charge in [-0.1, -0.05) is 23.5 Å². The van der Waals surface area contributed by atoms with Crippen LogP contribution in [0.25, 0.3) is 10.2 Å². The van der Waals surface area contributed by atoms with Crippen molar-refractivity contribution in [2.24, 2.45) is 0 Å². The minimum absolute atomic E-state index is 0.0450. The molecule has 6 heteroatoms. The van der Waals surface area contributed by atoms with Crippen molar-refractivity contribution in [1.82, 2.24) is 4.98 Å². The van der Waals surface area contributed by atoms with Crippen LogP contribution in [0, 0.1) is 0 Å². The number of aromatic nitrogens is 1. The molecule has 1 aromatic heterocycles. The van der Waals surface area contributed by atoms with Gasteiger partial charge in [-0.2, -0.15) is 0 Å². The van der Waals surface area contributed by atoms with E-state index >= 15 is 0 Å². The molecule has 2 rings (SSSR count). The predicted octanol–water partition coefficient (Wildman–Crippen LogP) is 1.29. The molecule has 0 radical (unpaired) electrons. The highest BCUT2D eigenvalue weighted by molar-refractivity contribution is 7.20. The Balaban J connectivity index is 2.30. The van der Waals surface area contributed by atoms with Crippen LogP contribution >= 0.6 is 11.3 Å². The number of ether oxygens (including phenoxy) is 1. The number of esters is 1. The number of carbonyl (C=O) groups excluding carboxylic acids is 1. The first-order chi connectivity index (χ1) is 7.16. The maximum Gasteiger partial charge on any atom is 0.424 e. The van der Waals surface area contributed by atoms with Gasteiger partial charge in [0.05, 0.1) is 10.2 Å². The number of hydrogen-bond acceptors (Lipinski definition) is 5. The Morgan fingerprint density at radius 3 is 2.73 bits per heavy atom. The second-order valence-corrected chi connectivity index (χ2v) is 3.64. The number of benzene rings is 1. The Morgan fingerprint density at radius 2 is 2.07 bits per heavy atom. The van der Waals surface area contributed by atoms with E-state index in [-0.39, 0.29) is 5.19 Å². The fourth-order valence-electron chi connectivity index (χ4n) is 1.02. The largest absolute Gasteiger partial charge is 0.473 e. The van der Waals surface area contributed by atoms with Gasteiger partial charge in [0.1, 0.15) is 0 Å². The molecular weight excluding hydrogens is 218 g/mol. The standard InChI is InChI=1S/C9H5NO4S/c11-7(12)8(13)14-9-10-5-3-1-2-4-6(5)15-9/h1-4H,(H,11,12). The van der Waals surface area contributed by atoms with Gasteiger partial charge in [-0.05, 0) is 12.1 Å². The van der Waals surface area contributed by atoms with E-state index in [2.05, 4.69) is 9.72 Å². The SMILES string of the molecule is O=C(O)C(=O)Oc1nc2ccccc2s1. The van der Waals surface area contributed by atoms with E-state index < -0.39 is 11.9 Å². The number of aliphatic carboxylic acids is 1. The van der Waals surface area contributed by atoms with Crippen molar-refractivity contribution < 1.29 is 19.4 Å². The molecule has 0 aliphatic carbocycles. The summed E-state index contributed by atoms with van der Waals surface area (Å²) in [6.07, 6.45) is 0. The highest BCUT2D eigenvalue weighted by atomic mass is 32.1.